The summed E-state index contributed by atoms with van der Waals surface area (Å²) in [6, 6.07) is 6.74. The van der Waals surface area contributed by atoms with Crippen LogP contribution < -0.4 is 5.32 Å². The summed E-state index contributed by atoms with van der Waals surface area (Å²) in [5.74, 6) is 2.06. The molecule has 1 aromatic rings. The first kappa shape index (κ1) is 18.0. The minimum atomic E-state index is -3.64. The van der Waals surface area contributed by atoms with Gasteiger partial charge in [-0.05, 0) is 75.3 Å². The lowest BCUT2D eigenvalue weighted by Crippen LogP contribution is -2.61. The predicted molar refractivity (Wildman–Crippen MR) is 100 cm³/mol. The smallest absolute Gasteiger partial charge is 0.243 e. The number of amides is 1. The number of nitrogens with zero attached hydrogens (tertiary/aromatic N) is 1. The number of hydrogen-bond donors (Lipinski definition) is 1. The van der Waals surface area contributed by atoms with Gasteiger partial charge in [-0.3, -0.25) is 4.79 Å². The van der Waals surface area contributed by atoms with Gasteiger partial charge in [0.05, 0.1) is 11.4 Å². The highest BCUT2D eigenvalue weighted by molar-refractivity contribution is 7.89. The van der Waals surface area contributed by atoms with E-state index in [-0.39, 0.29) is 22.9 Å². The Hall–Kier alpha value is -1.40. The van der Waals surface area contributed by atoms with E-state index >= 15 is 0 Å². The molecule has 142 valence electrons. The molecule has 0 atom stereocenters. The van der Waals surface area contributed by atoms with Gasteiger partial charge in [-0.2, -0.15) is 4.31 Å². The van der Waals surface area contributed by atoms with Gasteiger partial charge < -0.3 is 5.32 Å². The zero-order valence-electron chi connectivity index (χ0n) is 15.6. The molecule has 4 saturated carbocycles. The molecule has 1 N–H and O–H groups in total. The largest absolute Gasteiger partial charge is 0.349 e. The number of hydrogen-bond acceptors (Lipinski definition) is 3. The van der Waals surface area contributed by atoms with Crippen LogP contribution in [0.15, 0.2) is 29.2 Å². The van der Waals surface area contributed by atoms with Crippen molar-refractivity contribution in [2.75, 3.05) is 13.6 Å². The third kappa shape index (κ3) is 3.29. The zero-order valence-corrected chi connectivity index (χ0v) is 16.4. The third-order valence-corrected chi connectivity index (χ3v) is 8.36. The molecule has 5 nitrogen and oxygen atoms in total. The van der Waals surface area contributed by atoms with E-state index in [0.29, 0.717) is 0 Å². The minimum Gasteiger partial charge on any atom is -0.349 e. The summed E-state index contributed by atoms with van der Waals surface area (Å²) in [6.07, 6.45) is 7.15. The first-order chi connectivity index (χ1) is 12.3. The molecule has 0 heterocycles. The van der Waals surface area contributed by atoms with Crippen LogP contribution in [-0.2, 0) is 14.8 Å². The van der Waals surface area contributed by atoms with Gasteiger partial charge in [0, 0.05) is 12.6 Å². The van der Waals surface area contributed by atoms with Gasteiger partial charge in [-0.15, -0.1) is 0 Å². The summed E-state index contributed by atoms with van der Waals surface area (Å²) < 4.78 is 26.5. The molecule has 5 rings (SSSR count). The molecule has 4 bridgehead atoms. The number of benzene rings is 1. The molecule has 4 fully saturated rings. The van der Waals surface area contributed by atoms with E-state index < -0.39 is 10.0 Å². The molecule has 0 saturated heterocycles. The van der Waals surface area contributed by atoms with Crippen molar-refractivity contribution in [3.63, 3.8) is 0 Å². The van der Waals surface area contributed by atoms with Crippen molar-refractivity contribution in [2.24, 2.45) is 17.8 Å². The summed E-state index contributed by atoms with van der Waals surface area (Å²) >= 11 is 0. The van der Waals surface area contributed by atoms with E-state index in [4.69, 9.17) is 0 Å². The van der Waals surface area contributed by atoms with E-state index in [1.54, 1.807) is 24.3 Å². The number of likely N-dealkylation sites (N-methyl/N-ethyl adjacent to an activating group) is 1. The van der Waals surface area contributed by atoms with Gasteiger partial charge in [-0.1, -0.05) is 17.7 Å². The summed E-state index contributed by atoms with van der Waals surface area (Å²) in [5, 5.41) is 3.24. The SMILES string of the molecule is Cc1ccc(S(=O)(=O)N(C)CC(=O)NC23CC4CC(CC(C4)C2)C3)cc1. The molecule has 1 amide bonds. The number of rotatable bonds is 5. The van der Waals surface area contributed by atoms with E-state index in [2.05, 4.69) is 5.32 Å². The van der Waals surface area contributed by atoms with Crippen molar-refractivity contribution in [3.8, 4) is 0 Å². The standard InChI is InChI=1S/C20H28N2O3S/c1-14-3-5-18(6-4-14)26(24,25)22(2)13-19(23)21-20-10-15-7-16(11-20)9-17(8-15)12-20/h3-6,15-17H,7-13H2,1-2H3,(H,21,23). The molecule has 26 heavy (non-hydrogen) atoms. The molecular formula is C20H28N2O3S. The second-order valence-electron chi connectivity index (χ2n) is 8.82. The Bertz CT molecular complexity index is 766. The van der Waals surface area contributed by atoms with Gasteiger partial charge >= 0.3 is 0 Å². The van der Waals surface area contributed by atoms with Crippen molar-refractivity contribution in [1.82, 2.24) is 9.62 Å². The molecule has 4 aliphatic carbocycles. The Morgan fingerprint density at radius 3 is 2.08 bits per heavy atom. The fraction of sp³-hybridized carbons (Fsp3) is 0.650. The quantitative estimate of drug-likeness (QED) is 0.859. The minimum absolute atomic E-state index is 0.0830. The van der Waals surface area contributed by atoms with Crippen LogP contribution in [0, 0.1) is 24.7 Å². The summed E-state index contributed by atoms with van der Waals surface area (Å²) in [4.78, 5) is 12.9. The topological polar surface area (TPSA) is 66.5 Å². The van der Waals surface area contributed by atoms with Crippen molar-refractivity contribution in [1.29, 1.82) is 0 Å². The van der Waals surface area contributed by atoms with Crippen molar-refractivity contribution >= 4 is 15.9 Å². The lowest BCUT2D eigenvalue weighted by Gasteiger charge is -2.57. The van der Waals surface area contributed by atoms with E-state index in [1.165, 1.54) is 26.3 Å². The van der Waals surface area contributed by atoms with Crippen molar-refractivity contribution < 1.29 is 13.2 Å². The first-order valence-corrected chi connectivity index (χ1v) is 11.0. The van der Waals surface area contributed by atoms with Crippen molar-refractivity contribution in [2.45, 2.75) is 55.9 Å². The molecule has 4 aliphatic rings. The summed E-state index contributed by atoms with van der Waals surface area (Å²) in [7, 11) is -2.16. The normalized spacial score (nSPS) is 32.8. The second-order valence-corrected chi connectivity index (χ2v) is 10.9. The number of nitrogens with one attached hydrogen (secondary N) is 1. The highest BCUT2D eigenvalue weighted by Gasteiger charge is 2.51. The monoisotopic (exact) mass is 376 g/mol. The van der Waals surface area contributed by atoms with Crippen LogP contribution in [0.1, 0.15) is 44.1 Å². The molecule has 0 radical (unpaired) electrons. The maximum absolute atomic E-state index is 12.7. The van der Waals surface area contributed by atoms with Gasteiger partial charge in [0.1, 0.15) is 0 Å². The number of aryl methyl sites for hydroxylation is 1. The molecule has 1 aromatic carbocycles. The molecule has 0 aromatic heterocycles. The number of carbonyl (C=O) groups excluding carboxylic acids is 1. The maximum atomic E-state index is 12.7. The summed E-state index contributed by atoms with van der Waals surface area (Å²) in [6.45, 7) is 1.79. The molecular weight excluding hydrogens is 348 g/mol. The Labute approximate surface area is 156 Å². The average molecular weight is 377 g/mol. The van der Waals surface area contributed by atoms with Crippen molar-refractivity contribution in [3.05, 3.63) is 29.8 Å². The van der Waals surface area contributed by atoms with Crippen LogP contribution in [0.5, 0.6) is 0 Å². The lowest BCUT2D eigenvalue weighted by molar-refractivity contribution is -0.126. The lowest BCUT2D eigenvalue weighted by atomic mass is 9.53. The fourth-order valence-electron chi connectivity index (χ4n) is 5.78. The predicted octanol–water partition coefficient (Wildman–Crippen LogP) is 2.70. The molecule has 0 unspecified atom stereocenters. The Kier molecular flexibility index (Phi) is 4.39. The highest BCUT2D eigenvalue weighted by Crippen LogP contribution is 2.55. The Morgan fingerprint density at radius 2 is 1.58 bits per heavy atom. The molecule has 0 aliphatic heterocycles. The average Bonchev–Trinajstić information content (AvgIpc) is 2.53. The van der Waals surface area contributed by atoms with E-state index in [1.807, 2.05) is 6.92 Å². The van der Waals surface area contributed by atoms with Crippen LogP contribution in [-0.4, -0.2) is 37.8 Å². The Balaban J connectivity index is 1.42. The van der Waals surface area contributed by atoms with Crippen LogP contribution in [0.25, 0.3) is 0 Å². The molecule has 6 heteroatoms. The number of sulfonamides is 1. The molecule has 0 spiro atoms. The maximum Gasteiger partial charge on any atom is 0.243 e. The first-order valence-electron chi connectivity index (χ1n) is 9.60. The van der Waals surface area contributed by atoms with Crippen LogP contribution in [0.4, 0.5) is 0 Å². The fourth-order valence-corrected chi connectivity index (χ4v) is 6.90. The van der Waals surface area contributed by atoms with Gasteiger partial charge in [0.25, 0.3) is 0 Å². The van der Waals surface area contributed by atoms with E-state index in [9.17, 15) is 13.2 Å². The van der Waals surface area contributed by atoms with Crippen LogP contribution in [0.2, 0.25) is 0 Å². The zero-order chi connectivity index (χ0) is 18.5. The summed E-state index contributed by atoms with van der Waals surface area (Å²) in [5.41, 5.74) is 0.923. The van der Waals surface area contributed by atoms with Crippen LogP contribution in [0.3, 0.4) is 0 Å². The Morgan fingerprint density at radius 1 is 1.08 bits per heavy atom. The van der Waals surface area contributed by atoms with Gasteiger partial charge in [-0.25, -0.2) is 8.42 Å². The highest BCUT2D eigenvalue weighted by atomic mass is 32.2. The van der Waals surface area contributed by atoms with Gasteiger partial charge in [0.15, 0.2) is 0 Å². The number of carbonyl (C=O) groups is 1. The van der Waals surface area contributed by atoms with E-state index in [0.717, 1.165) is 46.9 Å². The third-order valence-electron chi connectivity index (χ3n) is 6.54. The van der Waals surface area contributed by atoms with Gasteiger partial charge in [0.2, 0.25) is 15.9 Å². The second kappa shape index (κ2) is 6.34. The van der Waals surface area contributed by atoms with Crippen LogP contribution >= 0.6 is 0 Å².